The molecule has 9 nitrogen and oxygen atoms in total. The summed E-state index contributed by atoms with van der Waals surface area (Å²) in [6.45, 7) is 4.97. The molecule has 2 saturated heterocycles. The monoisotopic (exact) mass is 537 g/mol. The van der Waals surface area contributed by atoms with Crippen LogP contribution in [0, 0.1) is 52.3 Å². The van der Waals surface area contributed by atoms with Crippen LogP contribution >= 0.6 is 0 Å². The number of nitrogens with one attached hydrogen (secondary N) is 2. The Labute approximate surface area is 219 Å². The number of likely N-dealkylation sites (tertiary alicyclic amines) is 1. The van der Waals surface area contributed by atoms with Crippen LogP contribution in [0.25, 0.3) is 0 Å². The van der Waals surface area contributed by atoms with Gasteiger partial charge in [0.25, 0.3) is 0 Å². The van der Waals surface area contributed by atoms with Crippen molar-refractivity contribution in [3.8, 4) is 6.07 Å². The minimum atomic E-state index is -5.22. The average molecular weight is 538 g/mol. The Morgan fingerprint density at radius 2 is 1.84 bits per heavy atom. The largest absolute Gasteiger partial charge is 0.471 e. The lowest BCUT2D eigenvalue weighted by molar-refractivity contribution is -0.176. The first-order valence-corrected chi connectivity index (χ1v) is 13.0. The van der Waals surface area contributed by atoms with E-state index in [-0.39, 0.29) is 36.6 Å². The first-order chi connectivity index (χ1) is 17.6. The van der Waals surface area contributed by atoms with E-state index in [4.69, 9.17) is 5.73 Å². The molecule has 5 rings (SSSR count). The second kappa shape index (κ2) is 9.58. The van der Waals surface area contributed by atoms with Gasteiger partial charge in [-0.1, -0.05) is 32.9 Å². The van der Waals surface area contributed by atoms with E-state index in [1.807, 2.05) is 17.5 Å². The van der Waals surface area contributed by atoms with Gasteiger partial charge in [0.15, 0.2) is 0 Å². The Balaban J connectivity index is 1.83. The van der Waals surface area contributed by atoms with Gasteiger partial charge in [0.1, 0.15) is 11.6 Å². The highest BCUT2D eigenvalue weighted by Gasteiger charge is 2.68. The summed E-state index contributed by atoms with van der Waals surface area (Å²) in [6, 6.07) is 0.524. The van der Waals surface area contributed by atoms with Gasteiger partial charge in [-0.05, 0) is 48.9 Å². The smallest absolute Gasteiger partial charge is 0.368 e. The predicted molar refractivity (Wildman–Crippen MR) is 128 cm³/mol. The van der Waals surface area contributed by atoms with Crippen LogP contribution in [0.15, 0.2) is 12.2 Å². The summed E-state index contributed by atoms with van der Waals surface area (Å²) >= 11 is 0. The van der Waals surface area contributed by atoms with Gasteiger partial charge >= 0.3 is 12.1 Å². The molecule has 2 aliphatic heterocycles. The maximum Gasteiger partial charge on any atom is 0.471 e. The minimum absolute atomic E-state index is 0.00787. The fraction of sp³-hybridized carbons (Fsp3) is 0.731. The number of alkyl halides is 3. The van der Waals surface area contributed by atoms with Gasteiger partial charge in [-0.25, -0.2) is 0 Å². The molecule has 5 aliphatic rings. The molecular weight excluding hydrogens is 503 g/mol. The topological polar surface area (TPSA) is 145 Å². The summed E-state index contributed by atoms with van der Waals surface area (Å²) in [7, 11) is 0. The number of nitrogens with two attached hydrogens (primary N) is 1. The van der Waals surface area contributed by atoms with Gasteiger partial charge in [0.2, 0.25) is 17.7 Å². The van der Waals surface area contributed by atoms with Gasteiger partial charge in [0.05, 0.1) is 12.0 Å². The molecule has 12 heteroatoms. The lowest BCUT2D eigenvalue weighted by Crippen LogP contribution is -2.68. The summed E-state index contributed by atoms with van der Waals surface area (Å²) < 4.78 is 39.7. The van der Waals surface area contributed by atoms with Gasteiger partial charge in [-0.2, -0.15) is 18.4 Å². The van der Waals surface area contributed by atoms with E-state index in [0.29, 0.717) is 13.0 Å². The summed E-state index contributed by atoms with van der Waals surface area (Å²) in [4.78, 5) is 53.3. The predicted octanol–water partition coefficient (Wildman–Crippen LogP) is 1.64. The number of primary amides is 1. The molecule has 3 fully saturated rings. The number of allylic oxidation sites excluding steroid dienone is 2. The first-order valence-electron chi connectivity index (χ1n) is 13.0. The van der Waals surface area contributed by atoms with Gasteiger partial charge < -0.3 is 21.3 Å². The van der Waals surface area contributed by atoms with Crippen LogP contribution in [0.5, 0.6) is 0 Å². The van der Waals surface area contributed by atoms with Gasteiger partial charge in [-0.3, -0.25) is 19.2 Å². The van der Waals surface area contributed by atoms with Gasteiger partial charge in [0, 0.05) is 24.9 Å². The molecule has 4 N–H and O–H groups in total. The van der Waals surface area contributed by atoms with E-state index in [2.05, 4.69) is 11.4 Å². The van der Waals surface area contributed by atoms with Crippen molar-refractivity contribution in [2.45, 2.75) is 64.2 Å². The van der Waals surface area contributed by atoms with Crippen LogP contribution in [-0.2, 0) is 19.2 Å². The molecular formula is C26H34F3N5O4. The lowest BCUT2D eigenvalue weighted by Gasteiger charge is -2.50. The quantitative estimate of drug-likeness (QED) is 0.441. The van der Waals surface area contributed by atoms with Crippen LogP contribution in [0.3, 0.4) is 0 Å². The highest BCUT2D eigenvalue weighted by Crippen LogP contribution is 2.58. The molecule has 1 saturated carbocycles. The second-order valence-electron chi connectivity index (χ2n) is 12.1. The molecule has 0 spiro atoms. The number of hydrogen-bond acceptors (Lipinski definition) is 5. The standard InChI is InChI=1S/C26H34F3N5O4/c1-24(2,3)19(33-23(38)26(27,28)29)21(36)34-12-17-13-4-6-14(7-5-13)18(17)25(34,22(31)37)16(11-30)10-15-8-9-32-20(15)35/h4,6,13-19H,5,7-10,12H2,1-3H3,(H2,31,37)(H,32,35)(H,33,38)/t13?,14?,15-,16-,17?,18?,19-,25?/m1/s1. The van der Waals surface area contributed by atoms with Crippen molar-refractivity contribution in [2.75, 3.05) is 13.1 Å². The van der Waals surface area contributed by atoms with Crippen molar-refractivity contribution < 1.29 is 32.3 Å². The van der Waals surface area contributed by atoms with Crippen molar-refractivity contribution in [3.05, 3.63) is 12.2 Å². The fourth-order valence-electron chi connectivity index (χ4n) is 7.21. The highest BCUT2D eigenvalue weighted by atomic mass is 19.4. The molecule has 0 aromatic rings. The molecule has 0 radical (unpaired) electrons. The molecule has 38 heavy (non-hydrogen) atoms. The average Bonchev–Trinajstić information content (AvgIpc) is 3.42. The number of nitrogens with zero attached hydrogens (tertiary/aromatic N) is 2. The molecule has 2 heterocycles. The van der Waals surface area contributed by atoms with Crippen LogP contribution in [0.2, 0.25) is 0 Å². The maximum absolute atomic E-state index is 14.2. The second-order valence-corrected chi connectivity index (χ2v) is 12.1. The molecule has 0 aromatic carbocycles. The van der Waals surface area contributed by atoms with E-state index in [1.165, 1.54) is 25.7 Å². The zero-order chi connectivity index (χ0) is 28.2. The minimum Gasteiger partial charge on any atom is -0.368 e. The highest BCUT2D eigenvalue weighted by molar-refractivity contribution is 5.96. The van der Waals surface area contributed by atoms with E-state index >= 15 is 0 Å². The van der Waals surface area contributed by atoms with E-state index in [1.54, 1.807) is 0 Å². The third-order valence-corrected chi connectivity index (χ3v) is 8.94. The molecule has 0 aromatic heterocycles. The van der Waals surface area contributed by atoms with Crippen LogP contribution in [0.4, 0.5) is 13.2 Å². The summed E-state index contributed by atoms with van der Waals surface area (Å²) in [5, 5.41) is 14.9. The number of fused-ring (bicyclic) bond motifs is 1. The molecule has 3 aliphatic carbocycles. The van der Waals surface area contributed by atoms with Crippen molar-refractivity contribution in [1.29, 1.82) is 5.26 Å². The lowest BCUT2D eigenvalue weighted by atomic mass is 9.55. The first kappa shape index (κ1) is 27.9. The van der Waals surface area contributed by atoms with Gasteiger partial charge in [-0.15, -0.1) is 0 Å². The van der Waals surface area contributed by atoms with Crippen molar-refractivity contribution in [1.82, 2.24) is 15.5 Å². The Morgan fingerprint density at radius 3 is 2.32 bits per heavy atom. The molecule has 208 valence electrons. The van der Waals surface area contributed by atoms with Crippen LogP contribution < -0.4 is 16.4 Å². The molecule has 2 bridgehead atoms. The number of carbonyl (C=O) groups excluding carboxylic acids is 4. The number of halogens is 3. The van der Waals surface area contributed by atoms with Crippen LogP contribution in [0.1, 0.15) is 46.5 Å². The Kier molecular flexibility index (Phi) is 7.04. The van der Waals surface area contributed by atoms with Crippen molar-refractivity contribution in [2.24, 2.45) is 46.7 Å². The molecule has 4 amide bonds. The molecule has 5 unspecified atom stereocenters. The van der Waals surface area contributed by atoms with Crippen molar-refractivity contribution in [3.63, 3.8) is 0 Å². The number of rotatable bonds is 6. The Morgan fingerprint density at radius 1 is 1.21 bits per heavy atom. The normalized spacial score (nSPS) is 33.8. The Bertz CT molecular complexity index is 1090. The summed E-state index contributed by atoms with van der Waals surface area (Å²) in [5.41, 5.74) is 3.07. The fourth-order valence-corrected chi connectivity index (χ4v) is 7.21. The van der Waals surface area contributed by atoms with E-state index in [0.717, 1.165) is 12.8 Å². The Hall–Kier alpha value is -3.10. The summed E-state index contributed by atoms with van der Waals surface area (Å²) in [6.07, 6.45) is 0.750. The zero-order valence-electron chi connectivity index (χ0n) is 21.7. The number of amides is 4. The van der Waals surface area contributed by atoms with E-state index < -0.39 is 58.6 Å². The third kappa shape index (κ3) is 4.43. The maximum atomic E-state index is 14.2. The number of hydrogen-bond donors (Lipinski definition) is 3. The zero-order valence-corrected chi connectivity index (χ0v) is 21.7. The third-order valence-electron chi connectivity index (χ3n) is 8.94. The number of nitriles is 1. The summed E-state index contributed by atoms with van der Waals surface area (Å²) in [5.74, 6) is -6.98. The molecule has 8 atom stereocenters. The SMILES string of the molecule is CC(C)(C)[C@H](NC(=O)C(F)(F)F)C(=O)N1CC2C3C=CC(CC3)C2C1(C(N)=O)[C@@H](C#N)C[C@H]1CCNC1=O. The number of carbonyl (C=O) groups is 4. The van der Waals surface area contributed by atoms with E-state index in [9.17, 15) is 37.6 Å². The van der Waals surface area contributed by atoms with Crippen molar-refractivity contribution >= 4 is 23.6 Å². The van der Waals surface area contributed by atoms with Crippen LogP contribution in [-0.4, -0.2) is 59.4 Å².